The molecule has 1 N–H and O–H groups in total. The normalized spacial score (nSPS) is 15.4. The van der Waals surface area contributed by atoms with Gasteiger partial charge in [0.25, 0.3) is 0 Å². The van der Waals surface area contributed by atoms with Crippen LogP contribution < -0.4 is 5.32 Å². The Labute approximate surface area is 76.4 Å². The first kappa shape index (κ1) is 8.16. The molecular formula is C9H11N3O. The van der Waals surface area contributed by atoms with Crippen molar-refractivity contribution in [1.82, 2.24) is 9.97 Å². The summed E-state index contributed by atoms with van der Waals surface area (Å²) in [4.78, 5) is 19.1. The van der Waals surface area contributed by atoms with Crippen LogP contribution in [0.2, 0.25) is 0 Å². The van der Waals surface area contributed by atoms with Crippen molar-refractivity contribution in [3.05, 3.63) is 18.5 Å². The van der Waals surface area contributed by atoms with Gasteiger partial charge in [0.1, 0.15) is 0 Å². The summed E-state index contributed by atoms with van der Waals surface area (Å²) in [6.07, 6.45) is 6.20. The van der Waals surface area contributed by atoms with Crippen molar-refractivity contribution < 1.29 is 4.79 Å². The minimum Gasteiger partial charge on any atom is -0.295 e. The van der Waals surface area contributed by atoms with Crippen molar-refractivity contribution in [3.8, 4) is 0 Å². The van der Waals surface area contributed by atoms with Gasteiger partial charge in [-0.3, -0.25) is 10.1 Å². The highest BCUT2D eigenvalue weighted by Crippen LogP contribution is 2.32. The zero-order valence-corrected chi connectivity index (χ0v) is 7.23. The van der Waals surface area contributed by atoms with Crippen LogP contribution in [0.1, 0.15) is 19.3 Å². The lowest BCUT2D eigenvalue weighted by atomic mass is 10.3. The SMILES string of the molecule is O=C(CC1CC1)Nc1ncccn1. The Morgan fingerprint density at radius 1 is 1.46 bits per heavy atom. The Morgan fingerprint density at radius 3 is 2.77 bits per heavy atom. The van der Waals surface area contributed by atoms with E-state index in [0.717, 1.165) is 0 Å². The zero-order valence-electron chi connectivity index (χ0n) is 7.23. The number of rotatable bonds is 3. The predicted octanol–water partition coefficient (Wildman–Crippen LogP) is 1.22. The number of anilines is 1. The molecule has 4 nitrogen and oxygen atoms in total. The molecule has 0 aromatic carbocycles. The molecule has 1 aliphatic carbocycles. The molecule has 1 aromatic rings. The lowest BCUT2D eigenvalue weighted by Crippen LogP contribution is -2.13. The minimum absolute atomic E-state index is 0.0219. The smallest absolute Gasteiger partial charge is 0.229 e. The summed E-state index contributed by atoms with van der Waals surface area (Å²) >= 11 is 0. The molecule has 1 amide bonds. The first-order valence-corrected chi connectivity index (χ1v) is 4.41. The van der Waals surface area contributed by atoms with E-state index in [4.69, 9.17) is 0 Å². The summed E-state index contributed by atoms with van der Waals surface area (Å²) in [6, 6.07) is 1.72. The molecule has 1 heterocycles. The molecule has 1 saturated carbocycles. The Morgan fingerprint density at radius 2 is 2.15 bits per heavy atom. The molecular weight excluding hydrogens is 166 g/mol. The first-order valence-electron chi connectivity index (χ1n) is 4.41. The molecule has 0 aliphatic heterocycles. The lowest BCUT2D eigenvalue weighted by Gasteiger charge is -2.00. The van der Waals surface area contributed by atoms with Crippen LogP contribution in [0.25, 0.3) is 0 Å². The minimum atomic E-state index is 0.0219. The molecule has 0 saturated heterocycles. The Balaban J connectivity index is 1.86. The topological polar surface area (TPSA) is 54.9 Å². The summed E-state index contributed by atoms with van der Waals surface area (Å²) < 4.78 is 0. The van der Waals surface area contributed by atoms with Crippen LogP contribution in [-0.2, 0) is 4.79 Å². The van der Waals surface area contributed by atoms with Gasteiger partial charge in [-0.25, -0.2) is 9.97 Å². The molecule has 13 heavy (non-hydrogen) atoms. The summed E-state index contributed by atoms with van der Waals surface area (Å²) in [5.41, 5.74) is 0. The molecule has 1 aliphatic rings. The number of hydrogen-bond donors (Lipinski definition) is 1. The third kappa shape index (κ3) is 2.50. The van der Waals surface area contributed by atoms with E-state index in [2.05, 4.69) is 15.3 Å². The molecule has 0 unspecified atom stereocenters. The molecule has 2 rings (SSSR count). The van der Waals surface area contributed by atoms with Crippen LogP contribution in [0.15, 0.2) is 18.5 Å². The number of carbonyl (C=O) groups is 1. The van der Waals surface area contributed by atoms with E-state index in [1.165, 1.54) is 12.8 Å². The monoisotopic (exact) mass is 177 g/mol. The molecule has 0 bridgehead atoms. The Kier molecular flexibility index (Phi) is 2.21. The van der Waals surface area contributed by atoms with Gasteiger partial charge < -0.3 is 0 Å². The highest BCUT2D eigenvalue weighted by atomic mass is 16.1. The Hall–Kier alpha value is -1.45. The second-order valence-corrected chi connectivity index (χ2v) is 3.27. The largest absolute Gasteiger partial charge is 0.295 e. The molecule has 4 heteroatoms. The number of carbonyl (C=O) groups excluding carboxylic acids is 1. The first-order chi connectivity index (χ1) is 6.34. The fraction of sp³-hybridized carbons (Fsp3) is 0.444. The second kappa shape index (κ2) is 3.51. The number of hydrogen-bond acceptors (Lipinski definition) is 3. The Bertz CT molecular complexity index is 295. The predicted molar refractivity (Wildman–Crippen MR) is 48.0 cm³/mol. The highest BCUT2D eigenvalue weighted by Gasteiger charge is 2.24. The van der Waals surface area contributed by atoms with Gasteiger partial charge in [0.15, 0.2) is 0 Å². The van der Waals surface area contributed by atoms with Gasteiger partial charge in [0, 0.05) is 18.8 Å². The average Bonchev–Trinajstić information content (AvgIpc) is 2.90. The summed E-state index contributed by atoms with van der Waals surface area (Å²) in [5, 5.41) is 2.65. The van der Waals surface area contributed by atoms with Crippen molar-refractivity contribution in [2.75, 3.05) is 5.32 Å². The molecule has 0 spiro atoms. The van der Waals surface area contributed by atoms with Gasteiger partial charge in [-0.2, -0.15) is 0 Å². The number of aromatic nitrogens is 2. The fourth-order valence-corrected chi connectivity index (χ4v) is 1.12. The third-order valence-corrected chi connectivity index (χ3v) is 1.99. The fourth-order valence-electron chi connectivity index (χ4n) is 1.12. The van der Waals surface area contributed by atoms with E-state index in [1.54, 1.807) is 18.5 Å². The number of amides is 1. The maximum Gasteiger partial charge on any atom is 0.229 e. The maximum atomic E-state index is 11.3. The molecule has 0 atom stereocenters. The van der Waals surface area contributed by atoms with Gasteiger partial charge in [0.05, 0.1) is 0 Å². The van der Waals surface area contributed by atoms with Crippen molar-refractivity contribution in [1.29, 1.82) is 0 Å². The van der Waals surface area contributed by atoms with Crippen LogP contribution in [0, 0.1) is 5.92 Å². The van der Waals surface area contributed by atoms with E-state index in [-0.39, 0.29) is 5.91 Å². The standard InChI is InChI=1S/C9H11N3O/c13-8(6-7-2-3-7)12-9-10-4-1-5-11-9/h1,4-5,7H,2-3,6H2,(H,10,11,12,13). The summed E-state index contributed by atoms with van der Waals surface area (Å²) in [5.74, 6) is 1.02. The average molecular weight is 177 g/mol. The zero-order chi connectivity index (χ0) is 9.10. The quantitative estimate of drug-likeness (QED) is 0.755. The lowest BCUT2D eigenvalue weighted by molar-refractivity contribution is -0.116. The van der Waals surface area contributed by atoms with Gasteiger partial charge in [-0.05, 0) is 24.8 Å². The van der Waals surface area contributed by atoms with E-state index in [1.807, 2.05) is 0 Å². The van der Waals surface area contributed by atoms with E-state index in [0.29, 0.717) is 18.3 Å². The van der Waals surface area contributed by atoms with E-state index in [9.17, 15) is 4.79 Å². The summed E-state index contributed by atoms with van der Waals surface area (Å²) in [6.45, 7) is 0. The number of nitrogens with one attached hydrogen (secondary N) is 1. The van der Waals surface area contributed by atoms with E-state index >= 15 is 0 Å². The van der Waals surface area contributed by atoms with Crippen LogP contribution in [-0.4, -0.2) is 15.9 Å². The van der Waals surface area contributed by atoms with E-state index < -0.39 is 0 Å². The maximum absolute atomic E-state index is 11.3. The highest BCUT2D eigenvalue weighted by molar-refractivity contribution is 5.89. The van der Waals surface area contributed by atoms with Crippen LogP contribution in [0.5, 0.6) is 0 Å². The van der Waals surface area contributed by atoms with Gasteiger partial charge in [-0.15, -0.1) is 0 Å². The van der Waals surface area contributed by atoms with Crippen molar-refractivity contribution in [2.45, 2.75) is 19.3 Å². The van der Waals surface area contributed by atoms with Crippen molar-refractivity contribution in [2.24, 2.45) is 5.92 Å². The molecule has 1 aromatic heterocycles. The summed E-state index contributed by atoms with van der Waals surface area (Å²) in [7, 11) is 0. The van der Waals surface area contributed by atoms with Crippen molar-refractivity contribution in [3.63, 3.8) is 0 Å². The van der Waals surface area contributed by atoms with Gasteiger partial charge in [-0.1, -0.05) is 0 Å². The molecule has 1 fully saturated rings. The van der Waals surface area contributed by atoms with Crippen LogP contribution in [0.3, 0.4) is 0 Å². The number of nitrogens with zero attached hydrogens (tertiary/aromatic N) is 2. The van der Waals surface area contributed by atoms with Crippen LogP contribution in [0.4, 0.5) is 5.95 Å². The van der Waals surface area contributed by atoms with Crippen LogP contribution >= 0.6 is 0 Å². The molecule has 0 radical (unpaired) electrons. The van der Waals surface area contributed by atoms with Gasteiger partial charge >= 0.3 is 0 Å². The third-order valence-electron chi connectivity index (χ3n) is 1.99. The van der Waals surface area contributed by atoms with Crippen molar-refractivity contribution >= 4 is 11.9 Å². The molecule has 68 valence electrons. The second-order valence-electron chi connectivity index (χ2n) is 3.27. The van der Waals surface area contributed by atoms with Gasteiger partial charge in [0.2, 0.25) is 11.9 Å².